The number of fused-ring (bicyclic) bond motifs is 1. The highest BCUT2D eigenvalue weighted by molar-refractivity contribution is 6.14. The molecule has 0 bridgehead atoms. The molecule has 0 saturated carbocycles. The smallest absolute Gasteiger partial charge is 0.139 e. The molecule has 4 rings (SSSR count). The lowest BCUT2D eigenvalue weighted by atomic mass is 9.96. The van der Waals surface area contributed by atoms with Gasteiger partial charge in [-0.3, -0.25) is 14.8 Å². The van der Waals surface area contributed by atoms with Crippen LogP contribution in [-0.2, 0) is 22.5 Å². The standard InChI is InChI=1S/C22H24FN3O2/c1-26-12-16(21(13-26)28-2)8-19(27)9-18-7-15-10-25-22(20(15)11-24-18)14-3-5-17(23)6-4-14/h3-7,11,16,21H,8-10,12-13H2,1-2H3/t16-,21-/m0/s1. The van der Waals surface area contributed by atoms with E-state index in [0.29, 0.717) is 19.4 Å². The van der Waals surface area contributed by atoms with Crippen LogP contribution in [0.1, 0.15) is 28.8 Å². The first-order valence-corrected chi connectivity index (χ1v) is 9.55. The molecule has 6 heteroatoms. The van der Waals surface area contributed by atoms with E-state index in [-0.39, 0.29) is 23.6 Å². The van der Waals surface area contributed by atoms with Gasteiger partial charge in [0.2, 0.25) is 0 Å². The number of ether oxygens (including phenoxy) is 1. The third kappa shape index (κ3) is 3.88. The van der Waals surface area contributed by atoms with Gasteiger partial charge in [-0.2, -0.15) is 0 Å². The van der Waals surface area contributed by atoms with E-state index in [1.807, 2.05) is 6.07 Å². The molecule has 2 aliphatic heterocycles. The lowest BCUT2D eigenvalue weighted by molar-refractivity contribution is -0.120. The Morgan fingerprint density at radius 3 is 2.82 bits per heavy atom. The molecule has 0 radical (unpaired) electrons. The second-order valence-electron chi connectivity index (χ2n) is 7.68. The van der Waals surface area contributed by atoms with Crippen molar-refractivity contribution in [1.82, 2.24) is 9.88 Å². The average molecular weight is 381 g/mol. The molecule has 146 valence electrons. The van der Waals surface area contributed by atoms with Crippen LogP contribution in [-0.4, -0.2) is 54.7 Å². The third-order valence-corrected chi connectivity index (χ3v) is 5.56. The maximum absolute atomic E-state index is 13.2. The number of likely N-dealkylation sites (N-methyl/N-ethyl adjacent to an activating group) is 1. The average Bonchev–Trinajstić information content (AvgIpc) is 3.25. The molecular formula is C22H24FN3O2. The summed E-state index contributed by atoms with van der Waals surface area (Å²) in [6, 6.07) is 8.30. The first-order chi connectivity index (χ1) is 13.5. The summed E-state index contributed by atoms with van der Waals surface area (Å²) in [4.78, 5) is 23.9. The summed E-state index contributed by atoms with van der Waals surface area (Å²) in [7, 11) is 3.76. The van der Waals surface area contributed by atoms with E-state index in [4.69, 9.17) is 4.74 Å². The van der Waals surface area contributed by atoms with Crippen molar-refractivity contribution in [1.29, 1.82) is 0 Å². The molecule has 2 aromatic rings. The van der Waals surface area contributed by atoms with E-state index in [9.17, 15) is 9.18 Å². The van der Waals surface area contributed by atoms with Gasteiger partial charge in [0.1, 0.15) is 11.6 Å². The molecule has 2 atom stereocenters. The minimum Gasteiger partial charge on any atom is -0.380 e. The van der Waals surface area contributed by atoms with Crippen molar-refractivity contribution in [2.45, 2.75) is 25.5 Å². The predicted octanol–water partition coefficient (Wildman–Crippen LogP) is 2.65. The van der Waals surface area contributed by atoms with Crippen LogP contribution in [0.25, 0.3) is 0 Å². The zero-order valence-corrected chi connectivity index (χ0v) is 16.2. The zero-order chi connectivity index (χ0) is 19.7. The van der Waals surface area contributed by atoms with E-state index in [1.54, 1.807) is 25.4 Å². The van der Waals surface area contributed by atoms with Crippen LogP contribution in [0, 0.1) is 11.7 Å². The van der Waals surface area contributed by atoms with Crippen LogP contribution in [0.5, 0.6) is 0 Å². The number of hydrogen-bond donors (Lipinski definition) is 0. The zero-order valence-electron chi connectivity index (χ0n) is 16.2. The van der Waals surface area contributed by atoms with Gasteiger partial charge in [0.25, 0.3) is 0 Å². The number of hydrogen-bond acceptors (Lipinski definition) is 5. The van der Waals surface area contributed by atoms with Gasteiger partial charge >= 0.3 is 0 Å². The highest BCUT2D eigenvalue weighted by Gasteiger charge is 2.32. The number of carbonyl (C=O) groups excluding carboxylic acids is 1. The molecule has 2 aliphatic rings. The Labute approximate surface area is 164 Å². The Hall–Kier alpha value is -2.44. The summed E-state index contributed by atoms with van der Waals surface area (Å²) in [5.74, 6) is 0.163. The molecule has 0 amide bonds. The summed E-state index contributed by atoms with van der Waals surface area (Å²) in [6.07, 6.45) is 2.75. The molecule has 1 fully saturated rings. The molecule has 0 N–H and O–H groups in total. The van der Waals surface area contributed by atoms with Crippen LogP contribution in [0.4, 0.5) is 4.39 Å². The van der Waals surface area contributed by atoms with Crippen LogP contribution in [0.2, 0.25) is 0 Å². The first kappa shape index (κ1) is 18.9. The van der Waals surface area contributed by atoms with Crippen LogP contribution >= 0.6 is 0 Å². The maximum atomic E-state index is 13.2. The van der Waals surface area contributed by atoms with Crippen LogP contribution in [0.15, 0.2) is 41.5 Å². The predicted molar refractivity (Wildman–Crippen MR) is 105 cm³/mol. The van der Waals surface area contributed by atoms with Crippen LogP contribution < -0.4 is 0 Å². The Morgan fingerprint density at radius 1 is 1.29 bits per heavy atom. The highest BCUT2D eigenvalue weighted by atomic mass is 19.1. The number of carbonyl (C=O) groups is 1. The second kappa shape index (κ2) is 7.89. The van der Waals surface area contributed by atoms with Crippen LogP contribution in [0.3, 0.4) is 0 Å². The number of rotatable bonds is 6. The Kier molecular flexibility index (Phi) is 5.33. The van der Waals surface area contributed by atoms with Crippen molar-refractivity contribution in [2.75, 3.05) is 27.2 Å². The van der Waals surface area contributed by atoms with Gasteiger partial charge in [-0.1, -0.05) is 0 Å². The number of nitrogens with zero attached hydrogens (tertiary/aromatic N) is 3. The number of ketones is 1. The molecule has 0 spiro atoms. The van der Waals surface area contributed by atoms with Gasteiger partial charge in [0.05, 0.1) is 18.4 Å². The summed E-state index contributed by atoms with van der Waals surface area (Å²) in [6.45, 7) is 2.32. The number of aromatic nitrogens is 1. The lowest BCUT2D eigenvalue weighted by Gasteiger charge is -2.16. The highest BCUT2D eigenvalue weighted by Crippen LogP contribution is 2.25. The molecule has 0 unspecified atom stereocenters. The molecule has 3 heterocycles. The molecule has 0 aliphatic carbocycles. The van der Waals surface area contributed by atoms with Gasteiger partial charge in [0, 0.05) is 62.0 Å². The fourth-order valence-corrected chi connectivity index (χ4v) is 4.17. The minimum atomic E-state index is -0.265. The quantitative estimate of drug-likeness (QED) is 0.772. The van der Waals surface area contributed by atoms with Gasteiger partial charge < -0.3 is 9.64 Å². The van der Waals surface area contributed by atoms with E-state index in [2.05, 4.69) is 21.9 Å². The maximum Gasteiger partial charge on any atom is 0.139 e. The summed E-state index contributed by atoms with van der Waals surface area (Å²) in [5, 5.41) is 0. The topological polar surface area (TPSA) is 54.8 Å². The number of Topliss-reactive ketones (excluding diaryl/α,β-unsaturated/α-hetero) is 1. The summed E-state index contributed by atoms with van der Waals surface area (Å²) in [5.41, 5.74) is 4.51. The van der Waals surface area contributed by atoms with Crippen molar-refractivity contribution in [3.8, 4) is 0 Å². The van der Waals surface area contributed by atoms with E-state index >= 15 is 0 Å². The number of benzene rings is 1. The van der Waals surface area contributed by atoms with Gasteiger partial charge in [0.15, 0.2) is 0 Å². The monoisotopic (exact) mass is 381 g/mol. The summed E-state index contributed by atoms with van der Waals surface area (Å²) < 4.78 is 18.7. The van der Waals surface area contributed by atoms with Gasteiger partial charge in [-0.25, -0.2) is 4.39 Å². The Morgan fingerprint density at radius 2 is 2.07 bits per heavy atom. The molecule has 28 heavy (non-hydrogen) atoms. The van der Waals surface area contributed by atoms with Crippen molar-refractivity contribution >= 4 is 11.5 Å². The number of halogens is 1. The number of methoxy groups -OCH3 is 1. The number of likely N-dealkylation sites (tertiary alicyclic amines) is 1. The fraction of sp³-hybridized carbons (Fsp3) is 0.409. The second-order valence-corrected chi connectivity index (χ2v) is 7.68. The van der Waals surface area contributed by atoms with Crippen molar-refractivity contribution in [3.05, 3.63) is 64.7 Å². The number of aliphatic imine (C=N–C) groups is 1. The molecule has 1 aromatic heterocycles. The fourth-order valence-electron chi connectivity index (χ4n) is 4.17. The summed E-state index contributed by atoms with van der Waals surface area (Å²) >= 11 is 0. The number of pyridine rings is 1. The Bertz CT molecular complexity index is 910. The van der Waals surface area contributed by atoms with Gasteiger partial charge in [-0.05, 0) is 42.9 Å². The lowest BCUT2D eigenvalue weighted by Crippen LogP contribution is -2.24. The normalized spacial score (nSPS) is 21.6. The Balaban J connectivity index is 1.43. The van der Waals surface area contributed by atoms with E-state index < -0.39 is 0 Å². The SMILES string of the molecule is CO[C@H]1CN(C)C[C@@H]1CC(=O)Cc1cc2c(cn1)C(c1ccc(F)cc1)=NC2. The molecule has 1 saturated heterocycles. The molecular weight excluding hydrogens is 357 g/mol. The van der Waals surface area contributed by atoms with Crippen molar-refractivity contribution < 1.29 is 13.9 Å². The van der Waals surface area contributed by atoms with E-state index in [1.165, 1.54) is 12.1 Å². The van der Waals surface area contributed by atoms with Crippen molar-refractivity contribution in [2.24, 2.45) is 10.9 Å². The van der Waals surface area contributed by atoms with Gasteiger partial charge in [-0.15, -0.1) is 0 Å². The third-order valence-electron chi connectivity index (χ3n) is 5.56. The van der Waals surface area contributed by atoms with E-state index in [0.717, 1.165) is 41.2 Å². The minimum absolute atomic E-state index is 0.119. The van der Waals surface area contributed by atoms with Crippen molar-refractivity contribution in [3.63, 3.8) is 0 Å². The first-order valence-electron chi connectivity index (χ1n) is 9.55. The largest absolute Gasteiger partial charge is 0.380 e. The molecule has 1 aromatic carbocycles. The molecule has 5 nitrogen and oxygen atoms in total.